The highest BCUT2D eigenvalue weighted by molar-refractivity contribution is 5.69. The molecule has 1 unspecified atom stereocenters. The summed E-state index contributed by atoms with van der Waals surface area (Å²) in [6, 6.07) is 0. The molecular weight excluding hydrogens is 344 g/mol. The number of carbonyl (C=O) groups is 1. The molecule has 0 radical (unpaired) electrons. The molecule has 0 saturated heterocycles. The van der Waals surface area contributed by atoms with E-state index in [1.165, 1.54) is 109 Å². The molecule has 2 heteroatoms. The van der Waals surface area contributed by atoms with Crippen LogP contribution in [0, 0.1) is 5.92 Å². The zero-order chi connectivity index (χ0) is 20.7. The van der Waals surface area contributed by atoms with Crippen LogP contribution < -0.4 is 0 Å². The van der Waals surface area contributed by atoms with Crippen LogP contribution in [0.25, 0.3) is 0 Å². The van der Waals surface area contributed by atoms with Gasteiger partial charge < -0.3 is 4.74 Å². The van der Waals surface area contributed by atoms with Gasteiger partial charge in [-0.3, -0.25) is 4.79 Å². The molecule has 0 aromatic carbocycles. The smallest absolute Gasteiger partial charge is 0.305 e. The van der Waals surface area contributed by atoms with Crippen molar-refractivity contribution in [2.24, 2.45) is 5.92 Å². The number of ether oxygens (including phenoxy) is 1. The lowest BCUT2D eigenvalue weighted by atomic mass is 9.98. The van der Waals surface area contributed by atoms with Gasteiger partial charge in [0.25, 0.3) is 0 Å². The Hall–Kier alpha value is -0.530. The van der Waals surface area contributed by atoms with Crippen LogP contribution in [0.3, 0.4) is 0 Å². The number of carbonyl (C=O) groups excluding carboxylic acids is 1. The minimum atomic E-state index is 0.0253. The maximum atomic E-state index is 11.9. The summed E-state index contributed by atoms with van der Waals surface area (Å²) in [5.74, 6) is 0.588. The third-order valence-electron chi connectivity index (χ3n) is 6.01. The largest absolute Gasteiger partial charge is 0.465 e. The lowest BCUT2D eigenvalue weighted by molar-refractivity contribution is -0.145. The molecule has 0 spiro atoms. The molecule has 28 heavy (non-hydrogen) atoms. The van der Waals surface area contributed by atoms with Crippen molar-refractivity contribution in [2.45, 2.75) is 149 Å². The summed E-state index contributed by atoms with van der Waals surface area (Å²) >= 11 is 0. The van der Waals surface area contributed by atoms with Gasteiger partial charge in [0.15, 0.2) is 0 Å². The zero-order valence-electron chi connectivity index (χ0n) is 19.7. The monoisotopic (exact) mass is 396 g/mol. The van der Waals surface area contributed by atoms with Crippen LogP contribution in [-0.4, -0.2) is 12.6 Å². The minimum Gasteiger partial charge on any atom is -0.465 e. The molecule has 0 aliphatic carbocycles. The first-order chi connectivity index (χ1) is 13.7. The van der Waals surface area contributed by atoms with Crippen LogP contribution in [0.15, 0.2) is 0 Å². The van der Waals surface area contributed by atoms with Crippen molar-refractivity contribution in [1.29, 1.82) is 0 Å². The molecule has 0 heterocycles. The van der Waals surface area contributed by atoms with Gasteiger partial charge >= 0.3 is 5.97 Å². The summed E-state index contributed by atoms with van der Waals surface area (Å²) in [5, 5.41) is 0. The summed E-state index contributed by atoms with van der Waals surface area (Å²) in [5.41, 5.74) is 0. The fourth-order valence-electron chi connectivity index (χ4n) is 3.84. The van der Waals surface area contributed by atoms with Gasteiger partial charge in [0.05, 0.1) is 6.61 Å². The Morgan fingerprint density at radius 1 is 0.607 bits per heavy atom. The van der Waals surface area contributed by atoms with E-state index in [1.54, 1.807) is 0 Å². The molecule has 0 rings (SSSR count). The average molecular weight is 397 g/mol. The Labute approximate surface area is 177 Å². The Morgan fingerprint density at radius 3 is 1.50 bits per heavy atom. The molecule has 1 atom stereocenters. The second-order valence-electron chi connectivity index (χ2n) is 8.80. The van der Waals surface area contributed by atoms with Crippen molar-refractivity contribution in [3.63, 3.8) is 0 Å². The molecule has 0 amide bonds. The van der Waals surface area contributed by atoms with Gasteiger partial charge in [-0.1, -0.05) is 130 Å². The van der Waals surface area contributed by atoms with E-state index in [0.717, 1.165) is 12.8 Å². The fourth-order valence-corrected chi connectivity index (χ4v) is 3.84. The van der Waals surface area contributed by atoms with E-state index in [9.17, 15) is 4.79 Å². The molecule has 0 aromatic rings. The van der Waals surface area contributed by atoms with E-state index in [-0.39, 0.29) is 5.97 Å². The van der Waals surface area contributed by atoms with Gasteiger partial charge in [0, 0.05) is 6.42 Å². The molecule has 0 fully saturated rings. The maximum absolute atomic E-state index is 11.9. The van der Waals surface area contributed by atoms with Crippen LogP contribution >= 0.6 is 0 Å². The number of rotatable bonds is 22. The fraction of sp³-hybridized carbons (Fsp3) is 0.962. The first kappa shape index (κ1) is 27.5. The maximum Gasteiger partial charge on any atom is 0.305 e. The van der Waals surface area contributed by atoms with E-state index < -0.39 is 0 Å². The third kappa shape index (κ3) is 20.2. The summed E-state index contributed by atoms with van der Waals surface area (Å²) in [4.78, 5) is 11.9. The zero-order valence-corrected chi connectivity index (χ0v) is 19.7. The molecular formula is C26H52O2. The standard InChI is InChI=1S/C26H52O2/c1-4-7-9-11-13-14-15-16-17-19-21-23-26(27)28-24-25(6-3)22-20-18-12-10-8-5-2/h25H,4-24H2,1-3H3. The Morgan fingerprint density at radius 2 is 1.04 bits per heavy atom. The summed E-state index contributed by atoms with van der Waals surface area (Å²) in [7, 11) is 0. The summed E-state index contributed by atoms with van der Waals surface area (Å²) in [6.07, 6.45) is 25.5. The highest BCUT2D eigenvalue weighted by Crippen LogP contribution is 2.16. The van der Waals surface area contributed by atoms with Crippen molar-refractivity contribution < 1.29 is 9.53 Å². The molecule has 0 N–H and O–H groups in total. The van der Waals surface area contributed by atoms with Crippen molar-refractivity contribution in [3.8, 4) is 0 Å². The van der Waals surface area contributed by atoms with Gasteiger partial charge in [-0.25, -0.2) is 0 Å². The molecule has 0 bridgehead atoms. The van der Waals surface area contributed by atoms with Gasteiger partial charge in [-0.2, -0.15) is 0 Å². The van der Waals surface area contributed by atoms with Crippen LogP contribution in [0.4, 0.5) is 0 Å². The highest BCUT2D eigenvalue weighted by atomic mass is 16.5. The number of unbranched alkanes of at least 4 members (excludes halogenated alkanes) is 15. The SMILES string of the molecule is CCCCCCCCCCCCCC(=O)OCC(CC)CCCCCCCC. The molecule has 0 aliphatic rings. The summed E-state index contributed by atoms with van der Waals surface area (Å²) in [6.45, 7) is 7.40. The van der Waals surface area contributed by atoms with E-state index in [0.29, 0.717) is 18.9 Å². The second-order valence-corrected chi connectivity index (χ2v) is 8.80. The van der Waals surface area contributed by atoms with E-state index >= 15 is 0 Å². The van der Waals surface area contributed by atoms with Gasteiger partial charge in [-0.15, -0.1) is 0 Å². The van der Waals surface area contributed by atoms with Gasteiger partial charge in [-0.05, 0) is 18.8 Å². The lowest BCUT2D eigenvalue weighted by Gasteiger charge is -2.15. The summed E-state index contributed by atoms with van der Waals surface area (Å²) < 4.78 is 5.54. The van der Waals surface area contributed by atoms with Crippen LogP contribution in [0.5, 0.6) is 0 Å². The molecule has 0 aromatic heterocycles. The highest BCUT2D eigenvalue weighted by Gasteiger charge is 2.10. The van der Waals surface area contributed by atoms with E-state index in [1.807, 2.05) is 0 Å². The Balaban J connectivity index is 3.42. The van der Waals surface area contributed by atoms with Crippen LogP contribution in [0.1, 0.15) is 149 Å². The van der Waals surface area contributed by atoms with Crippen LogP contribution in [-0.2, 0) is 9.53 Å². The molecule has 0 aliphatic heterocycles. The van der Waals surface area contributed by atoms with Crippen molar-refractivity contribution in [2.75, 3.05) is 6.61 Å². The lowest BCUT2D eigenvalue weighted by Crippen LogP contribution is -2.13. The first-order valence-electron chi connectivity index (χ1n) is 12.9. The van der Waals surface area contributed by atoms with E-state index in [4.69, 9.17) is 4.74 Å². The van der Waals surface area contributed by atoms with Gasteiger partial charge in [0.2, 0.25) is 0 Å². The average Bonchev–Trinajstić information content (AvgIpc) is 2.71. The first-order valence-corrected chi connectivity index (χ1v) is 12.9. The topological polar surface area (TPSA) is 26.3 Å². The van der Waals surface area contributed by atoms with Crippen LogP contribution in [0.2, 0.25) is 0 Å². The quantitative estimate of drug-likeness (QED) is 0.135. The Kier molecular flexibility index (Phi) is 22.3. The predicted octanol–water partition coefficient (Wildman–Crippen LogP) is 9.01. The number of hydrogen-bond donors (Lipinski definition) is 0. The third-order valence-corrected chi connectivity index (χ3v) is 6.01. The predicted molar refractivity (Wildman–Crippen MR) is 124 cm³/mol. The number of esters is 1. The van der Waals surface area contributed by atoms with Crippen molar-refractivity contribution in [3.05, 3.63) is 0 Å². The van der Waals surface area contributed by atoms with Gasteiger partial charge in [0.1, 0.15) is 0 Å². The number of hydrogen-bond acceptors (Lipinski definition) is 2. The molecule has 2 nitrogen and oxygen atoms in total. The van der Waals surface area contributed by atoms with Crippen molar-refractivity contribution >= 4 is 5.97 Å². The second kappa shape index (κ2) is 22.8. The molecule has 168 valence electrons. The Bertz CT molecular complexity index is 314. The minimum absolute atomic E-state index is 0.0253. The van der Waals surface area contributed by atoms with E-state index in [2.05, 4.69) is 20.8 Å². The normalized spacial score (nSPS) is 12.2. The van der Waals surface area contributed by atoms with Crippen molar-refractivity contribution in [1.82, 2.24) is 0 Å². The molecule has 0 saturated carbocycles.